The third-order valence-electron chi connectivity index (χ3n) is 8.29. The molecule has 40 heavy (non-hydrogen) atoms. The van der Waals surface area contributed by atoms with Crippen molar-refractivity contribution in [2.75, 3.05) is 13.1 Å². The quantitative estimate of drug-likeness (QED) is 0.211. The molecule has 0 unspecified atom stereocenters. The van der Waals surface area contributed by atoms with Crippen molar-refractivity contribution >= 4 is 18.0 Å². The van der Waals surface area contributed by atoms with Crippen molar-refractivity contribution in [3.05, 3.63) is 78.9 Å². The molecular formula is C34H44N2O4. The van der Waals surface area contributed by atoms with Crippen LogP contribution in [0.2, 0.25) is 0 Å². The summed E-state index contributed by atoms with van der Waals surface area (Å²) in [6, 6.07) is 15.2. The first kappa shape index (κ1) is 29.8. The van der Waals surface area contributed by atoms with E-state index in [1.165, 1.54) is 6.42 Å². The van der Waals surface area contributed by atoms with Gasteiger partial charge in [0.05, 0.1) is 18.8 Å². The van der Waals surface area contributed by atoms with Crippen LogP contribution < -0.4 is 5.32 Å². The fourth-order valence-electron chi connectivity index (χ4n) is 6.07. The first-order valence-corrected chi connectivity index (χ1v) is 14.8. The minimum absolute atomic E-state index is 0.0850. The largest absolute Gasteiger partial charge is 0.480 e. The minimum Gasteiger partial charge on any atom is -0.480 e. The van der Waals surface area contributed by atoms with Crippen LogP contribution in [0.15, 0.2) is 67.8 Å². The standard InChI is InChI=1S/C34H44N2O4/c1-3-5-6-10-19-35-32(27-15-8-7-9-16-27)33(37)36-23-30(22-31(36)34(38)39)40-24-26-14-12-18-29(21-26)28-17-11-13-25(4-2)20-28/h3-4,11-14,17-18,20-21,27,30-32,35H,1-2,5-10,15-16,19,22-24H2,(H,38,39)/t30-,31+,32+/m1/s1. The number of amides is 1. The molecule has 0 spiro atoms. The van der Waals surface area contributed by atoms with E-state index in [-0.39, 0.29) is 24.0 Å². The third-order valence-corrected chi connectivity index (χ3v) is 8.29. The number of nitrogens with zero attached hydrogens (tertiary/aromatic N) is 1. The fraction of sp³-hybridized carbons (Fsp3) is 0.471. The smallest absolute Gasteiger partial charge is 0.326 e. The molecule has 2 N–H and O–H groups in total. The summed E-state index contributed by atoms with van der Waals surface area (Å²) in [5.41, 5.74) is 4.27. The van der Waals surface area contributed by atoms with Gasteiger partial charge in [-0.3, -0.25) is 4.79 Å². The number of rotatable bonds is 14. The number of nitrogens with one attached hydrogen (secondary N) is 1. The van der Waals surface area contributed by atoms with Crippen LogP contribution in [0, 0.1) is 5.92 Å². The highest BCUT2D eigenvalue weighted by atomic mass is 16.5. The summed E-state index contributed by atoms with van der Waals surface area (Å²) in [6.45, 7) is 9.06. The molecule has 0 bridgehead atoms. The number of carbonyl (C=O) groups is 2. The molecule has 2 aromatic carbocycles. The van der Waals surface area contributed by atoms with Gasteiger partial charge in [-0.1, -0.05) is 74.4 Å². The van der Waals surface area contributed by atoms with Gasteiger partial charge in [0.15, 0.2) is 0 Å². The Morgan fingerprint density at radius 1 is 1.05 bits per heavy atom. The zero-order valence-electron chi connectivity index (χ0n) is 23.6. The van der Waals surface area contributed by atoms with E-state index < -0.39 is 12.0 Å². The van der Waals surface area contributed by atoms with Crippen molar-refractivity contribution in [3.63, 3.8) is 0 Å². The second-order valence-electron chi connectivity index (χ2n) is 11.2. The van der Waals surface area contributed by atoms with E-state index in [2.05, 4.69) is 42.7 Å². The van der Waals surface area contributed by atoms with E-state index in [1.54, 1.807) is 4.90 Å². The lowest BCUT2D eigenvalue weighted by Gasteiger charge is -2.34. The molecule has 6 heteroatoms. The van der Waals surface area contributed by atoms with Crippen LogP contribution in [0.1, 0.15) is 68.9 Å². The van der Waals surface area contributed by atoms with Gasteiger partial charge in [0.2, 0.25) is 5.91 Å². The molecular weight excluding hydrogens is 500 g/mol. The minimum atomic E-state index is -0.961. The Labute approximate surface area is 239 Å². The van der Waals surface area contributed by atoms with Crippen LogP contribution in [0.25, 0.3) is 17.2 Å². The molecule has 2 aromatic rings. The first-order chi connectivity index (χ1) is 19.5. The molecule has 214 valence electrons. The zero-order chi connectivity index (χ0) is 28.3. The molecule has 4 rings (SSSR count). The van der Waals surface area contributed by atoms with Crippen molar-refractivity contribution in [1.82, 2.24) is 10.2 Å². The van der Waals surface area contributed by atoms with Gasteiger partial charge >= 0.3 is 5.97 Å². The van der Waals surface area contributed by atoms with Gasteiger partial charge in [-0.25, -0.2) is 4.79 Å². The Morgan fingerprint density at radius 3 is 2.52 bits per heavy atom. The van der Waals surface area contributed by atoms with Gasteiger partial charge in [0, 0.05) is 13.0 Å². The van der Waals surface area contributed by atoms with Crippen LogP contribution in [0.5, 0.6) is 0 Å². The highest BCUT2D eigenvalue weighted by Crippen LogP contribution is 2.30. The van der Waals surface area contributed by atoms with E-state index in [4.69, 9.17) is 4.74 Å². The lowest BCUT2D eigenvalue weighted by molar-refractivity contribution is -0.149. The monoisotopic (exact) mass is 544 g/mol. The van der Waals surface area contributed by atoms with Crippen molar-refractivity contribution < 1.29 is 19.4 Å². The number of hydrogen-bond acceptors (Lipinski definition) is 4. The van der Waals surface area contributed by atoms with Crippen molar-refractivity contribution in [2.24, 2.45) is 5.92 Å². The summed E-state index contributed by atoms with van der Waals surface area (Å²) >= 11 is 0. The maximum Gasteiger partial charge on any atom is 0.326 e. The Hall–Kier alpha value is -3.22. The summed E-state index contributed by atoms with van der Waals surface area (Å²) in [4.78, 5) is 27.7. The molecule has 1 amide bonds. The zero-order valence-corrected chi connectivity index (χ0v) is 23.6. The number of carbonyl (C=O) groups excluding carboxylic acids is 1. The number of unbranched alkanes of at least 4 members (excludes halogenated alkanes) is 2. The Bertz CT molecular complexity index is 1160. The van der Waals surface area contributed by atoms with Crippen LogP contribution in [-0.2, 0) is 20.9 Å². The van der Waals surface area contributed by atoms with E-state index in [0.717, 1.165) is 73.7 Å². The molecule has 1 heterocycles. The lowest BCUT2D eigenvalue weighted by Crippen LogP contribution is -2.54. The molecule has 2 aliphatic rings. The SMILES string of the molecule is C=CCCCCN[C@H](C(=O)N1C[C@H](OCc2cccc(-c3cccc(C=C)c3)c2)C[C@H]1C(=O)O)C1CCCCC1. The average Bonchev–Trinajstić information content (AvgIpc) is 3.43. The molecule has 1 aliphatic carbocycles. The van der Waals surface area contributed by atoms with Crippen LogP contribution in [0.4, 0.5) is 0 Å². The second-order valence-corrected chi connectivity index (χ2v) is 11.2. The number of likely N-dealkylation sites (tertiary alicyclic amines) is 1. The number of aliphatic carboxylic acids is 1. The number of carboxylic acids is 1. The van der Waals surface area contributed by atoms with Gasteiger partial charge < -0.3 is 20.1 Å². The fourth-order valence-corrected chi connectivity index (χ4v) is 6.07. The lowest BCUT2D eigenvalue weighted by atomic mass is 9.83. The van der Waals surface area contributed by atoms with Crippen molar-refractivity contribution in [3.8, 4) is 11.1 Å². The number of carboxylic acid groups (broad SMARTS) is 1. The Balaban J connectivity index is 1.41. The summed E-state index contributed by atoms with van der Waals surface area (Å²) in [7, 11) is 0. The van der Waals surface area contributed by atoms with Gasteiger partial charge in [-0.2, -0.15) is 0 Å². The summed E-state index contributed by atoms with van der Waals surface area (Å²) in [5.74, 6) is -0.799. The highest BCUT2D eigenvalue weighted by molar-refractivity contribution is 5.88. The highest BCUT2D eigenvalue weighted by Gasteiger charge is 2.43. The molecule has 3 atom stereocenters. The summed E-state index contributed by atoms with van der Waals surface area (Å²) in [6.07, 6.45) is 12.2. The normalized spacial score (nSPS) is 20.2. The van der Waals surface area contributed by atoms with E-state index in [1.807, 2.05) is 36.4 Å². The maximum atomic E-state index is 13.9. The molecule has 1 aliphatic heterocycles. The molecule has 1 saturated carbocycles. The number of benzene rings is 2. The molecule has 2 fully saturated rings. The predicted octanol–water partition coefficient (Wildman–Crippen LogP) is 6.46. The van der Waals surface area contributed by atoms with E-state index >= 15 is 0 Å². The average molecular weight is 545 g/mol. The van der Waals surface area contributed by atoms with Crippen LogP contribution in [-0.4, -0.2) is 53.2 Å². The van der Waals surface area contributed by atoms with Crippen molar-refractivity contribution in [1.29, 1.82) is 0 Å². The number of allylic oxidation sites excluding steroid dienone is 1. The number of hydrogen-bond donors (Lipinski definition) is 2. The van der Waals surface area contributed by atoms with E-state index in [0.29, 0.717) is 19.6 Å². The number of ether oxygens (including phenoxy) is 1. The summed E-state index contributed by atoms with van der Waals surface area (Å²) in [5, 5.41) is 13.5. The third kappa shape index (κ3) is 7.92. The maximum absolute atomic E-state index is 13.9. The van der Waals surface area contributed by atoms with Crippen LogP contribution in [0.3, 0.4) is 0 Å². The Morgan fingerprint density at radius 2 is 1.80 bits per heavy atom. The van der Waals surface area contributed by atoms with Gasteiger partial charge in [-0.15, -0.1) is 6.58 Å². The van der Waals surface area contributed by atoms with Crippen LogP contribution >= 0.6 is 0 Å². The van der Waals surface area contributed by atoms with Gasteiger partial charge in [0.25, 0.3) is 0 Å². The van der Waals surface area contributed by atoms with Gasteiger partial charge in [-0.05, 0) is 79.0 Å². The molecule has 0 aromatic heterocycles. The van der Waals surface area contributed by atoms with Gasteiger partial charge in [0.1, 0.15) is 6.04 Å². The second kappa shape index (κ2) is 15.0. The topological polar surface area (TPSA) is 78.9 Å². The predicted molar refractivity (Wildman–Crippen MR) is 161 cm³/mol. The van der Waals surface area contributed by atoms with Crippen molar-refractivity contribution in [2.45, 2.75) is 82.6 Å². The molecule has 0 radical (unpaired) electrons. The first-order valence-electron chi connectivity index (χ1n) is 14.8. The van der Waals surface area contributed by atoms with E-state index in [9.17, 15) is 14.7 Å². The molecule has 6 nitrogen and oxygen atoms in total. The Kier molecular flexibility index (Phi) is 11.1. The molecule has 1 saturated heterocycles. The summed E-state index contributed by atoms with van der Waals surface area (Å²) < 4.78 is 6.23.